The highest BCUT2D eigenvalue weighted by Gasteiger charge is 2.14. The lowest BCUT2D eigenvalue weighted by molar-refractivity contribution is 0.117. The standard InChI is InChI=1S/C18H31N3O3.HI/c1-2-22-12-4-3-10-19-18(21-15-17-8-6-14-24-17)20-11-9-16-7-5-13-23-16;/h5,7,13,17H,2-4,6,8-12,14-15H2,1H3,(H2,19,20,21);1H. The molecule has 6 nitrogen and oxygen atoms in total. The van der Waals surface area contributed by atoms with Gasteiger partial charge in [0.1, 0.15) is 5.76 Å². The van der Waals surface area contributed by atoms with Gasteiger partial charge in [0.2, 0.25) is 0 Å². The molecule has 1 fully saturated rings. The van der Waals surface area contributed by atoms with Crippen LogP contribution in [0.15, 0.2) is 27.8 Å². The number of guanidine groups is 1. The van der Waals surface area contributed by atoms with E-state index in [4.69, 9.17) is 13.9 Å². The molecule has 0 spiro atoms. The van der Waals surface area contributed by atoms with Crippen LogP contribution < -0.4 is 10.6 Å². The normalized spacial score (nSPS) is 17.3. The van der Waals surface area contributed by atoms with E-state index in [9.17, 15) is 0 Å². The van der Waals surface area contributed by atoms with Crippen molar-refractivity contribution in [3.63, 3.8) is 0 Å². The van der Waals surface area contributed by atoms with E-state index in [1.54, 1.807) is 6.26 Å². The summed E-state index contributed by atoms with van der Waals surface area (Å²) in [4.78, 5) is 4.67. The van der Waals surface area contributed by atoms with Crippen LogP contribution in [0.2, 0.25) is 0 Å². The Bertz CT molecular complexity index is 448. The zero-order valence-corrected chi connectivity index (χ0v) is 17.5. The molecule has 144 valence electrons. The molecule has 25 heavy (non-hydrogen) atoms. The topological polar surface area (TPSA) is 68.0 Å². The molecule has 0 bridgehead atoms. The van der Waals surface area contributed by atoms with E-state index in [0.29, 0.717) is 0 Å². The Hall–Kier alpha value is -0.800. The number of unbranched alkanes of at least 4 members (excludes halogenated alkanes) is 1. The van der Waals surface area contributed by atoms with E-state index < -0.39 is 0 Å². The Kier molecular flexibility index (Phi) is 12.8. The minimum Gasteiger partial charge on any atom is -0.469 e. The highest BCUT2D eigenvalue weighted by Crippen LogP contribution is 2.11. The van der Waals surface area contributed by atoms with Gasteiger partial charge in [0.25, 0.3) is 0 Å². The van der Waals surface area contributed by atoms with Crippen molar-refractivity contribution >= 4 is 29.9 Å². The van der Waals surface area contributed by atoms with E-state index in [0.717, 1.165) is 83.3 Å². The van der Waals surface area contributed by atoms with Crippen LogP contribution in [0.5, 0.6) is 0 Å². The van der Waals surface area contributed by atoms with Crippen molar-refractivity contribution in [2.45, 2.75) is 45.1 Å². The second kappa shape index (κ2) is 14.4. The minimum atomic E-state index is 0. The summed E-state index contributed by atoms with van der Waals surface area (Å²) in [6.45, 7) is 6.91. The molecule has 0 saturated carbocycles. The van der Waals surface area contributed by atoms with E-state index >= 15 is 0 Å². The van der Waals surface area contributed by atoms with Crippen LogP contribution in [-0.2, 0) is 15.9 Å². The fraction of sp³-hybridized carbons (Fsp3) is 0.722. The third kappa shape index (κ3) is 10.1. The summed E-state index contributed by atoms with van der Waals surface area (Å²) in [6, 6.07) is 3.91. The molecular weight excluding hydrogens is 433 g/mol. The number of furan rings is 1. The maximum absolute atomic E-state index is 5.64. The molecule has 1 aromatic rings. The SMILES string of the molecule is CCOCCCCNC(=NCC1CCCO1)NCCc1ccco1.I. The lowest BCUT2D eigenvalue weighted by Crippen LogP contribution is -2.39. The first kappa shape index (κ1) is 22.2. The first-order valence-electron chi connectivity index (χ1n) is 9.12. The van der Waals surface area contributed by atoms with Gasteiger partial charge in [-0.15, -0.1) is 24.0 Å². The Morgan fingerprint density at radius 3 is 2.92 bits per heavy atom. The molecule has 0 aromatic carbocycles. The smallest absolute Gasteiger partial charge is 0.191 e. The van der Waals surface area contributed by atoms with E-state index in [1.807, 2.05) is 19.1 Å². The summed E-state index contributed by atoms with van der Waals surface area (Å²) in [7, 11) is 0. The van der Waals surface area contributed by atoms with Crippen LogP contribution in [0.1, 0.15) is 38.4 Å². The number of nitrogens with one attached hydrogen (secondary N) is 2. The average molecular weight is 465 g/mol. The highest BCUT2D eigenvalue weighted by atomic mass is 127. The van der Waals surface area contributed by atoms with Crippen LogP contribution in [0.25, 0.3) is 0 Å². The van der Waals surface area contributed by atoms with Gasteiger partial charge >= 0.3 is 0 Å². The zero-order valence-electron chi connectivity index (χ0n) is 15.2. The maximum Gasteiger partial charge on any atom is 0.191 e. The minimum absolute atomic E-state index is 0. The molecule has 0 aliphatic carbocycles. The molecule has 2 heterocycles. The molecule has 1 aliphatic heterocycles. The molecule has 1 aromatic heterocycles. The van der Waals surface area contributed by atoms with Gasteiger partial charge in [-0.3, -0.25) is 4.99 Å². The zero-order chi connectivity index (χ0) is 16.9. The monoisotopic (exact) mass is 465 g/mol. The molecule has 1 aliphatic rings. The van der Waals surface area contributed by atoms with Gasteiger partial charge in [-0.05, 0) is 44.7 Å². The van der Waals surface area contributed by atoms with Crippen molar-refractivity contribution in [1.29, 1.82) is 0 Å². The third-order valence-electron chi connectivity index (χ3n) is 3.93. The second-order valence-corrected chi connectivity index (χ2v) is 5.91. The molecule has 7 heteroatoms. The first-order valence-corrected chi connectivity index (χ1v) is 9.12. The summed E-state index contributed by atoms with van der Waals surface area (Å²) in [5.41, 5.74) is 0. The highest BCUT2D eigenvalue weighted by molar-refractivity contribution is 14.0. The third-order valence-corrected chi connectivity index (χ3v) is 3.93. The average Bonchev–Trinajstić information content (AvgIpc) is 3.28. The fourth-order valence-corrected chi connectivity index (χ4v) is 2.59. The van der Waals surface area contributed by atoms with Gasteiger partial charge in [-0.25, -0.2) is 0 Å². The first-order chi connectivity index (χ1) is 11.9. The quantitative estimate of drug-likeness (QED) is 0.228. The lowest BCUT2D eigenvalue weighted by atomic mass is 10.2. The molecular formula is C18H32IN3O3. The Balaban J connectivity index is 0.00000312. The van der Waals surface area contributed by atoms with Crippen molar-refractivity contribution in [1.82, 2.24) is 10.6 Å². The number of aliphatic imine (C=N–C) groups is 1. The van der Waals surface area contributed by atoms with Crippen LogP contribution >= 0.6 is 24.0 Å². The van der Waals surface area contributed by atoms with Gasteiger partial charge in [0, 0.05) is 39.3 Å². The van der Waals surface area contributed by atoms with E-state index in [-0.39, 0.29) is 30.1 Å². The van der Waals surface area contributed by atoms with Crippen molar-refractivity contribution in [2.75, 3.05) is 39.5 Å². The number of nitrogens with zero attached hydrogens (tertiary/aromatic N) is 1. The summed E-state index contributed by atoms with van der Waals surface area (Å²) < 4.78 is 16.4. The van der Waals surface area contributed by atoms with Crippen molar-refractivity contribution < 1.29 is 13.9 Å². The number of hydrogen-bond acceptors (Lipinski definition) is 4. The number of rotatable bonds is 11. The molecule has 2 rings (SSSR count). The molecule has 1 saturated heterocycles. The van der Waals surface area contributed by atoms with Crippen LogP contribution in [0.3, 0.4) is 0 Å². The number of halogens is 1. The summed E-state index contributed by atoms with van der Waals surface area (Å²) in [5.74, 6) is 1.84. The maximum atomic E-state index is 5.64. The molecule has 2 N–H and O–H groups in total. The number of hydrogen-bond donors (Lipinski definition) is 2. The van der Waals surface area contributed by atoms with E-state index in [2.05, 4.69) is 15.6 Å². The predicted octanol–water partition coefficient (Wildman–Crippen LogP) is 2.97. The Morgan fingerprint density at radius 1 is 1.32 bits per heavy atom. The summed E-state index contributed by atoms with van der Waals surface area (Å²) >= 11 is 0. The second-order valence-electron chi connectivity index (χ2n) is 5.91. The predicted molar refractivity (Wildman–Crippen MR) is 111 cm³/mol. The summed E-state index contributed by atoms with van der Waals surface area (Å²) in [5, 5.41) is 6.77. The largest absolute Gasteiger partial charge is 0.469 e. The molecule has 1 atom stereocenters. The molecule has 0 amide bonds. The van der Waals surface area contributed by atoms with Crippen LogP contribution in [0, 0.1) is 0 Å². The molecule has 0 radical (unpaired) electrons. The van der Waals surface area contributed by atoms with Crippen molar-refractivity contribution in [3.8, 4) is 0 Å². The summed E-state index contributed by atoms with van der Waals surface area (Å²) in [6.07, 6.45) is 7.21. The van der Waals surface area contributed by atoms with Crippen LogP contribution in [-0.4, -0.2) is 51.5 Å². The van der Waals surface area contributed by atoms with Gasteiger partial charge < -0.3 is 24.5 Å². The number of ether oxygens (including phenoxy) is 2. The Labute approximate surface area is 168 Å². The van der Waals surface area contributed by atoms with Gasteiger partial charge in [0.05, 0.1) is 18.9 Å². The molecule has 1 unspecified atom stereocenters. The van der Waals surface area contributed by atoms with Gasteiger partial charge in [-0.2, -0.15) is 0 Å². The van der Waals surface area contributed by atoms with Crippen molar-refractivity contribution in [2.24, 2.45) is 4.99 Å². The van der Waals surface area contributed by atoms with Crippen molar-refractivity contribution in [3.05, 3.63) is 24.2 Å². The van der Waals surface area contributed by atoms with E-state index in [1.165, 1.54) is 0 Å². The Morgan fingerprint density at radius 2 is 2.20 bits per heavy atom. The van der Waals surface area contributed by atoms with Crippen LogP contribution in [0.4, 0.5) is 0 Å². The van der Waals surface area contributed by atoms with Gasteiger partial charge in [0.15, 0.2) is 5.96 Å². The lowest BCUT2D eigenvalue weighted by Gasteiger charge is -2.13. The fourth-order valence-electron chi connectivity index (χ4n) is 2.59. The van der Waals surface area contributed by atoms with Gasteiger partial charge in [-0.1, -0.05) is 0 Å².